The fourth-order valence-electron chi connectivity index (χ4n) is 2.19. The molecule has 1 atom stereocenters. The maximum absolute atomic E-state index is 4.50. The molecular weight excluding hydrogens is 298 g/mol. The molecule has 1 saturated heterocycles. The Morgan fingerprint density at radius 2 is 2.41 bits per heavy atom. The Balaban J connectivity index is 1.89. The first-order valence-corrected chi connectivity index (χ1v) is 8.10. The Bertz CT molecular complexity index is 372. The first-order valence-electron chi connectivity index (χ1n) is 6.26. The SMILES string of the molecule is CCn1nc(C)c(Br)c1CNCC1CCCS1. The lowest BCUT2D eigenvalue weighted by molar-refractivity contribution is 0.571. The highest BCUT2D eigenvalue weighted by atomic mass is 79.9. The molecule has 1 fully saturated rings. The Hall–Kier alpha value is -0.0000000000000000555. The van der Waals surface area contributed by atoms with Crippen molar-refractivity contribution in [3.8, 4) is 0 Å². The average Bonchev–Trinajstić information content (AvgIpc) is 2.92. The summed E-state index contributed by atoms with van der Waals surface area (Å²) >= 11 is 5.73. The summed E-state index contributed by atoms with van der Waals surface area (Å²) in [7, 11) is 0. The molecule has 1 aliphatic rings. The van der Waals surface area contributed by atoms with Crippen molar-refractivity contribution in [3.63, 3.8) is 0 Å². The van der Waals surface area contributed by atoms with E-state index in [2.05, 4.69) is 49.7 Å². The van der Waals surface area contributed by atoms with Crippen LogP contribution in [0.25, 0.3) is 0 Å². The Kier molecular flexibility index (Phi) is 4.94. The summed E-state index contributed by atoms with van der Waals surface area (Å²) < 4.78 is 3.24. The molecule has 17 heavy (non-hydrogen) atoms. The number of hydrogen-bond donors (Lipinski definition) is 1. The molecule has 0 spiro atoms. The van der Waals surface area contributed by atoms with E-state index < -0.39 is 0 Å². The monoisotopic (exact) mass is 317 g/mol. The zero-order valence-electron chi connectivity index (χ0n) is 10.5. The molecular formula is C12H20BrN3S. The summed E-state index contributed by atoms with van der Waals surface area (Å²) in [6.07, 6.45) is 2.75. The minimum absolute atomic E-state index is 0.813. The summed E-state index contributed by atoms with van der Waals surface area (Å²) in [5.74, 6) is 1.34. The standard InChI is InChI=1S/C12H20BrN3S/c1-3-16-11(12(13)9(2)15-16)8-14-7-10-5-4-6-17-10/h10,14H,3-8H2,1-2H3. The van der Waals surface area contributed by atoms with Gasteiger partial charge < -0.3 is 5.32 Å². The highest BCUT2D eigenvalue weighted by molar-refractivity contribution is 9.10. The molecule has 96 valence electrons. The minimum Gasteiger partial charge on any atom is -0.310 e. The predicted molar refractivity (Wildman–Crippen MR) is 77.5 cm³/mol. The molecule has 1 N–H and O–H groups in total. The summed E-state index contributed by atoms with van der Waals surface area (Å²) in [6, 6.07) is 0. The summed E-state index contributed by atoms with van der Waals surface area (Å²) in [5, 5.41) is 8.88. The number of nitrogens with one attached hydrogen (secondary N) is 1. The van der Waals surface area contributed by atoms with Gasteiger partial charge in [0, 0.05) is 24.9 Å². The third kappa shape index (κ3) is 3.26. The van der Waals surface area contributed by atoms with Crippen LogP contribution in [0.3, 0.4) is 0 Å². The van der Waals surface area contributed by atoms with Gasteiger partial charge in [-0.05, 0) is 48.4 Å². The van der Waals surface area contributed by atoms with Gasteiger partial charge in [-0.25, -0.2) is 0 Å². The van der Waals surface area contributed by atoms with E-state index >= 15 is 0 Å². The Morgan fingerprint density at radius 3 is 3.06 bits per heavy atom. The molecule has 1 aliphatic heterocycles. The van der Waals surface area contributed by atoms with Gasteiger partial charge in [0.25, 0.3) is 0 Å². The topological polar surface area (TPSA) is 29.9 Å². The van der Waals surface area contributed by atoms with Crippen LogP contribution in [0, 0.1) is 6.92 Å². The summed E-state index contributed by atoms with van der Waals surface area (Å²) in [5.41, 5.74) is 2.35. The van der Waals surface area contributed by atoms with E-state index in [1.54, 1.807) is 0 Å². The molecule has 3 nitrogen and oxygen atoms in total. The van der Waals surface area contributed by atoms with Crippen LogP contribution in [-0.2, 0) is 13.1 Å². The number of hydrogen-bond acceptors (Lipinski definition) is 3. The van der Waals surface area contributed by atoms with Crippen molar-refractivity contribution in [1.82, 2.24) is 15.1 Å². The quantitative estimate of drug-likeness (QED) is 0.905. The maximum Gasteiger partial charge on any atom is 0.0739 e. The summed E-state index contributed by atoms with van der Waals surface area (Å²) in [4.78, 5) is 0. The summed E-state index contributed by atoms with van der Waals surface area (Å²) in [6.45, 7) is 7.14. The van der Waals surface area contributed by atoms with Crippen molar-refractivity contribution in [2.24, 2.45) is 0 Å². The van der Waals surface area contributed by atoms with Crippen molar-refractivity contribution in [1.29, 1.82) is 0 Å². The van der Waals surface area contributed by atoms with Crippen LogP contribution in [0.5, 0.6) is 0 Å². The molecule has 2 rings (SSSR count). The van der Waals surface area contributed by atoms with E-state index in [0.29, 0.717) is 0 Å². The second kappa shape index (κ2) is 6.25. The molecule has 5 heteroatoms. The number of aryl methyl sites for hydroxylation is 2. The van der Waals surface area contributed by atoms with Gasteiger partial charge in [-0.1, -0.05) is 0 Å². The second-order valence-corrected chi connectivity index (χ2v) is 6.63. The number of halogens is 1. The van der Waals surface area contributed by atoms with Gasteiger partial charge in [0.1, 0.15) is 0 Å². The molecule has 0 amide bonds. The number of nitrogens with zero attached hydrogens (tertiary/aromatic N) is 2. The molecule has 0 aliphatic carbocycles. The van der Waals surface area contributed by atoms with Crippen LogP contribution in [0.15, 0.2) is 4.47 Å². The third-order valence-corrected chi connectivity index (χ3v) is 5.57. The van der Waals surface area contributed by atoms with Crippen molar-refractivity contribution in [2.75, 3.05) is 12.3 Å². The van der Waals surface area contributed by atoms with Crippen molar-refractivity contribution in [3.05, 3.63) is 15.9 Å². The van der Waals surface area contributed by atoms with E-state index in [4.69, 9.17) is 0 Å². The predicted octanol–water partition coefficient (Wildman–Crippen LogP) is 2.96. The largest absolute Gasteiger partial charge is 0.310 e. The zero-order valence-corrected chi connectivity index (χ0v) is 12.9. The molecule has 1 unspecified atom stereocenters. The van der Waals surface area contributed by atoms with Crippen LogP contribution in [-0.4, -0.2) is 27.3 Å². The van der Waals surface area contributed by atoms with E-state index in [9.17, 15) is 0 Å². The fourth-order valence-corrected chi connectivity index (χ4v) is 3.85. The van der Waals surface area contributed by atoms with Gasteiger partial charge in [0.05, 0.1) is 15.9 Å². The van der Waals surface area contributed by atoms with Gasteiger partial charge in [0.15, 0.2) is 0 Å². The van der Waals surface area contributed by atoms with Gasteiger partial charge in [-0.3, -0.25) is 4.68 Å². The lowest BCUT2D eigenvalue weighted by Crippen LogP contribution is -2.24. The van der Waals surface area contributed by atoms with E-state index in [0.717, 1.165) is 35.1 Å². The van der Waals surface area contributed by atoms with Crippen LogP contribution < -0.4 is 5.32 Å². The Labute approximate surface area is 116 Å². The van der Waals surface area contributed by atoms with Crippen LogP contribution >= 0.6 is 27.7 Å². The molecule has 1 aromatic heterocycles. The number of aromatic nitrogens is 2. The molecule has 1 aromatic rings. The van der Waals surface area contributed by atoms with Crippen molar-refractivity contribution < 1.29 is 0 Å². The van der Waals surface area contributed by atoms with Crippen LogP contribution in [0.1, 0.15) is 31.2 Å². The zero-order chi connectivity index (χ0) is 12.3. The first kappa shape index (κ1) is 13.4. The van der Waals surface area contributed by atoms with Crippen LogP contribution in [0.4, 0.5) is 0 Å². The maximum atomic E-state index is 4.50. The number of rotatable bonds is 5. The smallest absolute Gasteiger partial charge is 0.0739 e. The highest BCUT2D eigenvalue weighted by Crippen LogP contribution is 2.25. The molecule has 0 aromatic carbocycles. The minimum atomic E-state index is 0.813. The fraction of sp³-hybridized carbons (Fsp3) is 0.750. The second-order valence-electron chi connectivity index (χ2n) is 4.43. The molecule has 0 radical (unpaired) electrons. The highest BCUT2D eigenvalue weighted by Gasteiger charge is 2.16. The normalized spacial score (nSPS) is 20.1. The van der Waals surface area contributed by atoms with E-state index in [1.165, 1.54) is 24.3 Å². The molecule has 0 saturated carbocycles. The van der Waals surface area contributed by atoms with Crippen molar-refractivity contribution >= 4 is 27.7 Å². The van der Waals surface area contributed by atoms with Crippen LogP contribution in [0.2, 0.25) is 0 Å². The third-order valence-electron chi connectivity index (χ3n) is 3.14. The van der Waals surface area contributed by atoms with Crippen molar-refractivity contribution in [2.45, 2.75) is 45.0 Å². The van der Waals surface area contributed by atoms with Gasteiger partial charge in [-0.2, -0.15) is 16.9 Å². The Morgan fingerprint density at radius 1 is 1.59 bits per heavy atom. The lowest BCUT2D eigenvalue weighted by atomic mass is 10.2. The van der Waals surface area contributed by atoms with E-state index in [1.807, 2.05) is 6.92 Å². The van der Waals surface area contributed by atoms with E-state index in [-0.39, 0.29) is 0 Å². The molecule has 0 bridgehead atoms. The number of thioether (sulfide) groups is 1. The van der Waals surface area contributed by atoms with Gasteiger partial charge >= 0.3 is 0 Å². The first-order chi connectivity index (χ1) is 8.22. The molecule has 2 heterocycles. The van der Waals surface area contributed by atoms with Gasteiger partial charge in [0.2, 0.25) is 0 Å². The lowest BCUT2D eigenvalue weighted by Gasteiger charge is -2.11. The van der Waals surface area contributed by atoms with Gasteiger partial charge in [-0.15, -0.1) is 0 Å². The average molecular weight is 318 g/mol.